The van der Waals surface area contributed by atoms with Crippen molar-refractivity contribution in [3.63, 3.8) is 0 Å². The lowest BCUT2D eigenvalue weighted by molar-refractivity contribution is 0.134. The molecule has 98 valence electrons. The number of unbranched alkanes of at least 4 members (excludes halogenated alkanes) is 2. The smallest absolute Gasteiger partial charge is 0.449 e. The summed E-state index contributed by atoms with van der Waals surface area (Å²) < 4.78 is 4.24. The summed E-state index contributed by atoms with van der Waals surface area (Å²) in [5.41, 5.74) is 0. The first kappa shape index (κ1) is 15.8. The molecule has 0 aromatic carbocycles. The second-order valence-corrected chi connectivity index (χ2v) is 4.78. The van der Waals surface area contributed by atoms with E-state index in [0.717, 1.165) is 25.7 Å². The first-order chi connectivity index (χ1) is 8.06. The minimum Gasteiger partial charge on any atom is -0.449 e. The van der Waals surface area contributed by atoms with Crippen molar-refractivity contribution in [3.8, 4) is 12.0 Å². The summed E-state index contributed by atoms with van der Waals surface area (Å²) in [6.07, 6.45) is 7.70. The van der Waals surface area contributed by atoms with E-state index in [1.165, 1.54) is 12.8 Å². The van der Waals surface area contributed by atoms with Gasteiger partial charge in [0.1, 0.15) is 6.11 Å². The standard InChI is InChI=1S/C14H24O3/c1-4-5-6-7-13(9-8-12(2)3)10-11-17-14(15)16/h12-13H,4-9H2,1-3H3,(H,15,16). The largest absolute Gasteiger partial charge is 0.520 e. The summed E-state index contributed by atoms with van der Waals surface area (Å²) in [6.45, 7) is 6.54. The van der Waals surface area contributed by atoms with E-state index >= 15 is 0 Å². The Morgan fingerprint density at radius 1 is 1.24 bits per heavy atom. The molecular weight excluding hydrogens is 216 g/mol. The molecule has 0 aliphatic heterocycles. The summed E-state index contributed by atoms with van der Waals surface area (Å²) >= 11 is 0. The topological polar surface area (TPSA) is 46.5 Å². The van der Waals surface area contributed by atoms with Crippen molar-refractivity contribution in [2.75, 3.05) is 0 Å². The Balaban J connectivity index is 4.07. The van der Waals surface area contributed by atoms with Gasteiger partial charge in [-0.05, 0) is 25.2 Å². The van der Waals surface area contributed by atoms with Crippen LogP contribution < -0.4 is 0 Å². The number of carboxylic acid groups (broad SMARTS) is 1. The average molecular weight is 240 g/mol. The van der Waals surface area contributed by atoms with Crippen LogP contribution in [0.1, 0.15) is 59.3 Å². The summed E-state index contributed by atoms with van der Waals surface area (Å²) in [5, 5.41) is 8.33. The zero-order valence-corrected chi connectivity index (χ0v) is 11.2. The van der Waals surface area contributed by atoms with Crippen molar-refractivity contribution >= 4 is 6.16 Å². The monoisotopic (exact) mass is 240 g/mol. The van der Waals surface area contributed by atoms with Crippen LogP contribution >= 0.6 is 0 Å². The van der Waals surface area contributed by atoms with Crippen LogP contribution in [-0.4, -0.2) is 11.3 Å². The molecule has 0 aromatic heterocycles. The van der Waals surface area contributed by atoms with Crippen LogP contribution in [0.3, 0.4) is 0 Å². The third kappa shape index (κ3) is 11.1. The Hall–Kier alpha value is -1.17. The second kappa shape index (κ2) is 10.0. The van der Waals surface area contributed by atoms with Crippen LogP contribution in [-0.2, 0) is 4.74 Å². The molecule has 1 atom stereocenters. The van der Waals surface area contributed by atoms with Crippen molar-refractivity contribution in [1.29, 1.82) is 0 Å². The van der Waals surface area contributed by atoms with Gasteiger partial charge in [-0.25, -0.2) is 4.79 Å². The van der Waals surface area contributed by atoms with Gasteiger partial charge in [-0.2, -0.15) is 0 Å². The number of hydrogen-bond acceptors (Lipinski definition) is 2. The van der Waals surface area contributed by atoms with Gasteiger partial charge in [0.25, 0.3) is 0 Å². The highest BCUT2D eigenvalue weighted by molar-refractivity contribution is 5.58. The highest BCUT2D eigenvalue weighted by Crippen LogP contribution is 2.18. The number of ether oxygens (including phenoxy) is 1. The lowest BCUT2D eigenvalue weighted by Crippen LogP contribution is -2.01. The minimum absolute atomic E-state index is 0.267. The third-order valence-corrected chi connectivity index (χ3v) is 2.65. The highest BCUT2D eigenvalue weighted by Gasteiger charge is 2.07. The van der Waals surface area contributed by atoms with Gasteiger partial charge in [-0.1, -0.05) is 46.0 Å². The molecule has 3 nitrogen and oxygen atoms in total. The number of rotatable bonds is 7. The number of carbonyl (C=O) groups is 1. The summed E-state index contributed by atoms with van der Waals surface area (Å²) in [5.74, 6) is 3.84. The minimum atomic E-state index is -1.33. The van der Waals surface area contributed by atoms with E-state index in [0.29, 0.717) is 5.92 Å². The fourth-order valence-electron chi connectivity index (χ4n) is 1.62. The van der Waals surface area contributed by atoms with Gasteiger partial charge in [0.05, 0.1) is 0 Å². The highest BCUT2D eigenvalue weighted by atomic mass is 16.7. The molecule has 0 bridgehead atoms. The molecule has 0 spiro atoms. The first-order valence-electron chi connectivity index (χ1n) is 6.46. The van der Waals surface area contributed by atoms with E-state index in [9.17, 15) is 4.79 Å². The molecule has 0 rings (SSSR count). The fraction of sp³-hybridized carbons (Fsp3) is 0.786. The van der Waals surface area contributed by atoms with Gasteiger partial charge < -0.3 is 9.84 Å². The molecule has 1 unspecified atom stereocenters. The summed E-state index contributed by atoms with van der Waals surface area (Å²) in [4.78, 5) is 10.2. The summed E-state index contributed by atoms with van der Waals surface area (Å²) in [6, 6.07) is 0. The normalized spacial score (nSPS) is 11.8. The van der Waals surface area contributed by atoms with Crippen molar-refractivity contribution in [1.82, 2.24) is 0 Å². The van der Waals surface area contributed by atoms with Crippen molar-refractivity contribution < 1.29 is 14.6 Å². The second-order valence-electron chi connectivity index (χ2n) is 4.78. The average Bonchev–Trinajstić information content (AvgIpc) is 2.24. The molecule has 1 N–H and O–H groups in total. The molecule has 0 aromatic rings. The third-order valence-electron chi connectivity index (χ3n) is 2.65. The fourth-order valence-corrected chi connectivity index (χ4v) is 1.62. The predicted octanol–water partition coefficient (Wildman–Crippen LogP) is 4.27. The van der Waals surface area contributed by atoms with Crippen molar-refractivity contribution in [2.45, 2.75) is 59.3 Å². The van der Waals surface area contributed by atoms with Crippen LogP contribution in [0.25, 0.3) is 0 Å². The molecule has 0 heterocycles. The maximum atomic E-state index is 10.2. The van der Waals surface area contributed by atoms with E-state index in [2.05, 4.69) is 37.5 Å². The lowest BCUT2D eigenvalue weighted by Gasteiger charge is -2.11. The molecule has 0 radical (unpaired) electrons. The van der Waals surface area contributed by atoms with E-state index in [4.69, 9.17) is 5.11 Å². The predicted molar refractivity (Wildman–Crippen MR) is 68.6 cm³/mol. The molecule has 0 saturated heterocycles. The van der Waals surface area contributed by atoms with Crippen molar-refractivity contribution in [3.05, 3.63) is 0 Å². The SMILES string of the molecule is CCCCCC(C#COC(=O)O)CCC(C)C. The molecule has 3 heteroatoms. The Morgan fingerprint density at radius 2 is 1.94 bits per heavy atom. The molecule has 0 saturated carbocycles. The Labute approximate surface area is 105 Å². The van der Waals surface area contributed by atoms with Gasteiger partial charge in [-0.15, -0.1) is 0 Å². The van der Waals surface area contributed by atoms with E-state index in [1.54, 1.807) is 0 Å². The van der Waals surface area contributed by atoms with Crippen LogP contribution in [0, 0.1) is 23.9 Å². The van der Waals surface area contributed by atoms with Gasteiger partial charge >= 0.3 is 6.16 Å². The lowest BCUT2D eigenvalue weighted by atomic mass is 9.94. The Kier molecular flexibility index (Phi) is 9.33. The maximum absolute atomic E-state index is 10.2. The molecule has 0 fully saturated rings. The van der Waals surface area contributed by atoms with Crippen LogP contribution in [0.5, 0.6) is 0 Å². The maximum Gasteiger partial charge on any atom is 0.520 e. The zero-order chi connectivity index (χ0) is 13.1. The van der Waals surface area contributed by atoms with Gasteiger partial charge in [-0.3, -0.25) is 0 Å². The number of hydrogen-bond donors (Lipinski definition) is 1. The zero-order valence-electron chi connectivity index (χ0n) is 11.2. The van der Waals surface area contributed by atoms with E-state index in [1.807, 2.05) is 0 Å². The van der Waals surface area contributed by atoms with Gasteiger partial charge in [0.15, 0.2) is 0 Å². The molecule has 17 heavy (non-hydrogen) atoms. The van der Waals surface area contributed by atoms with Crippen molar-refractivity contribution in [2.24, 2.45) is 11.8 Å². The quantitative estimate of drug-likeness (QED) is 0.410. The summed E-state index contributed by atoms with van der Waals surface area (Å²) in [7, 11) is 0. The molecule has 0 aliphatic carbocycles. The van der Waals surface area contributed by atoms with Crippen LogP contribution in [0.15, 0.2) is 0 Å². The molecule has 0 aliphatic rings. The van der Waals surface area contributed by atoms with Gasteiger partial charge in [0.2, 0.25) is 0 Å². The Bertz CT molecular complexity index is 260. The molecule has 0 amide bonds. The first-order valence-corrected chi connectivity index (χ1v) is 6.46. The van der Waals surface area contributed by atoms with E-state index < -0.39 is 6.16 Å². The van der Waals surface area contributed by atoms with Crippen LogP contribution in [0.4, 0.5) is 4.79 Å². The molecular formula is C14H24O3. The Morgan fingerprint density at radius 3 is 2.47 bits per heavy atom. The van der Waals surface area contributed by atoms with Gasteiger partial charge in [0, 0.05) is 5.92 Å². The van der Waals surface area contributed by atoms with E-state index in [-0.39, 0.29) is 5.92 Å². The van der Waals surface area contributed by atoms with Crippen LogP contribution in [0.2, 0.25) is 0 Å².